The number of nitrogen functional groups attached to an aromatic ring is 1. The van der Waals surface area contributed by atoms with Gasteiger partial charge < -0.3 is 5.73 Å². The third-order valence-electron chi connectivity index (χ3n) is 1.30. The van der Waals surface area contributed by atoms with Crippen LogP contribution in [0.4, 0.5) is 5.69 Å². The molecule has 0 saturated carbocycles. The number of nitrogens with zero attached hydrogens (tertiary/aromatic N) is 2. The predicted octanol–water partition coefficient (Wildman–Crippen LogP) is 1.50. The summed E-state index contributed by atoms with van der Waals surface area (Å²) in [7, 11) is 0. The first-order valence-electron chi connectivity index (χ1n) is 2.98. The highest BCUT2D eigenvalue weighted by molar-refractivity contribution is 6.31. The molecule has 0 unspecified atom stereocenters. The Morgan fingerprint density at radius 2 is 2.36 bits per heavy atom. The van der Waals surface area contributed by atoms with E-state index in [0.29, 0.717) is 11.4 Å². The van der Waals surface area contributed by atoms with Crippen LogP contribution in [0.1, 0.15) is 11.3 Å². The largest absolute Gasteiger partial charge is 0.396 e. The number of halogens is 1. The number of pyridine rings is 1. The normalized spacial score (nSPS) is 9.18. The molecule has 1 aromatic heterocycles. The number of hydrogen-bond donors (Lipinski definition) is 1. The number of nitrogens with two attached hydrogens (primary N) is 1. The molecule has 0 aliphatic rings. The molecule has 2 N–H and O–H groups in total. The summed E-state index contributed by atoms with van der Waals surface area (Å²) in [6.45, 7) is 1.76. The van der Waals surface area contributed by atoms with Gasteiger partial charge in [-0.05, 0) is 18.6 Å². The van der Waals surface area contributed by atoms with Crippen LogP contribution in [0.15, 0.2) is 6.07 Å². The molecule has 0 aliphatic heterocycles. The minimum absolute atomic E-state index is 0.187. The molecule has 0 atom stereocenters. The van der Waals surface area contributed by atoms with Crippen LogP contribution in [0, 0.1) is 18.3 Å². The zero-order chi connectivity index (χ0) is 8.43. The quantitative estimate of drug-likeness (QED) is 0.596. The third kappa shape index (κ3) is 1.41. The van der Waals surface area contributed by atoms with E-state index in [4.69, 9.17) is 22.6 Å². The highest BCUT2D eigenvalue weighted by atomic mass is 35.5. The van der Waals surface area contributed by atoms with Crippen molar-refractivity contribution in [2.45, 2.75) is 6.92 Å². The summed E-state index contributed by atoms with van der Waals surface area (Å²) in [4.78, 5) is 3.77. The van der Waals surface area contributed by atoms with Gasteiger partial charge in [-0.1, -0.05) is 11.6 Å². The lowest BCUT2D eigenvalue weighted by molar-refractivity contribution is 1.21. The average Bonchev–Trinajstić information content (AvgIpc) is 1.97. The molecule has 0 saturated heterocycles. The summed E-state index contributed by atoms with van der Waals surface area (Å²) in [5.74, 6) is 0. The summed E-state index contributed by atoms with van der Waals surface area (Å²) in [5.41, 5.74) is 6.91. The van der Waals surface area contributed by atoms with E-state index in [1.807, 2.05) is 6.07 Å². The van der Waals surface area contributed by atoms with Crippen molar-refractivity contribution >= 4 is 17.3 Å². The Kier molecular flexibility index (Phi) is 1.97. The van der Waals surface area contributed by atoms with Gasteiger partial charge in [-0.2, -0.15) is 5.26 Å². The summed E-state index contributed by atoms with van der Waals surface area (Å²) in [6, 6.07) is 3.54. The zero-order valence-electron chi connectivity index (χ0n) is 5.93. The van der Waals surface area contributed by atoms with E-state index in [1.54, 1.807) is 13.0 Å². The summed E-state index contributed by atoms with van der Waals surface area (Å²) >= 11 is 5.58. The van der Waals surface area contributed by atoms with Gasteiger partial charge >= 0.3 is 0 Å². The Balaban J connectivity index is 3.35. The first-order valence-corrected chi connectivity index (χ1v) is 3.35. The van der Waals surface area contributed by atoms with Gasteiger partial charge in [-0.3, -0.25) is 0 Å². The predicted molar refractivity (Wildman–Crippen MR) is 43.1 cm³/mol. The number of aryl methyl sites for hydroxylation is 1. The van der Waals surface area contributed by atoms with E-state index in [2.05, 4.69) is 4.98 Å². The second-order valence-electron chi connectivity index (χ2n) is 2.15. The smallest absolute Gasteiger partial charge is 0.153 e. The van der Waals surface area contributed by atoms with Crippen molar-refractivity contribution in [2.75, 3.05) is 5.73 Å². The number of anilines is 1. The van der Waals surface area contributed by atoms with Crippen molar-refractivity contribution in [1.29, 1.82) is 5.26 Å². The van der Waals surface area contributed by atoms with E-state index in [1.165, 1.54) is 0 Å². The molecule has 1 aromatic rings. The van der Waals surface area contributed by atoms with Gasteiger partial charge in [-0.15, -0.1) is 0 Å². The van der Waals surface area contributed by atoms with Crippen LogP contribution in [-0.4, -0.2) is 4.98 Å². The maximum Gasteiger partial charge on any atom is 0.153 e. The average molecular weight is 168 g/mol. The fourth-order valence-electron chi connectivity index (χ4n) is 0.725. The van der Waals surface area contributed by atoms with Gasteiger partial charge in [0.2, 0.25) is 0 Å². The molecule has 0 radical (unpaired) electrons. The number of hydrogen-bond acceptors (Lipinski definition) is 3. The first kappa shape index (κ1) is 7.83. The summed E-state index contributed by atoms with van der Waals surface area (Å²) in [5, 5.41) is 8.71. The molecule has 11 heavy (non-hydrogen) atoms. The summed E-state index contributed by atoms with van der Waals surface area (Å²) < 4.78 is 0. The molecular weight excluding hydrogens is 162 g/mol. The molecule has 0 fully saturated rings. The Labute approximate surface area is 69.4 Å². The first-order chi connectivity index (χ1) is 5.15. The standard InChI is InChI=1S/C7H6ClN3/c1-4-2-5(10)7(8)11-6(4)3-9/h2H,10H2,1H3. The van der Waals surface area contributed by atoms with Crippen LogP contribution in [0.25, 0.3) is 0 Å². The SMILES string of the molecule is Cc1cc(N)c(Cl)nc1C#N. The Hall–Kier alpha value is -1.27. The van der Waals surface area contributed by atoms with Crippen molar-refractivity contribution in [2.24, 2.45) is 0 Å². The number of aromatic nitrogens is 1. The maximum absolute atomic E-state index is 8.52. The Morgan fingerprint density at radius 1 is 1.73 bits per heavy atom. The number of rotatable bonds is 0. The topological polar surface area (TPSA) is 62.7 Å². The molecule has 0 bridgehead atoms. The second-order valence-corrected chi connectivity index (χ2v) is 2.50. The molecule has 3 nitrogen and oxygen atoms in total. The van der Waals surface area contributed by atoms with Crippen molar-refractivity contribution in [1.82, 2.24) is 4.98 Å². The lowest BCUT2D eigenvalue weighted by Gasteiger charge is -1.99. The van der Waals surface area contributed by atoms with Crippen molar-refractivity contribution in [3.63, 3.8) is 0 Å². The minimum Gasteiger partial charge on any atom is -0.396 e. The highest BCUT2D eigenvalue weighted by Crippen LogP contribution is 2.18. The van der Waals surface area contributed by atoms with Crippen LogP contribution in [-0.2, 0) is 0 Å². The van der Waals surface area contributed by atoms with Crippen LogP contribution in [0.2, 0.25) is 5.15 Å². The molecule has 0 aromatic carbocycles. The van der Waals surface area contributed by atoms with Gasteiger partial charge in [0, 0.05) is 0 Å². The van der Waals surface area contributed by atoms with Crippen molar-refractivity contribution in [3.8, 4) is 6.07 Å². The molecule has 0 aliphatic carbocycles. The lowest BCUT2D eigenvalue weighted by Crippen LogP contribution is -1.94. The van der Waals surface area contributed by atoms with Crippen molar-refractivity contribution in [3.05, 3.63) is 22.5 Å². The molecule has 56 valence electrons. The molecule has 0 amide bonds. The van der Waals surface area contributed by atoms with E-state index in [9.17, 15) is 0 Å². The van der Waals surface area contributed by atoms with Gasteiger partial charge in [0.05, 0.1) is 5.69 Å². The van der Waals surface area contributed by atoms with Crippen LogP contribution < -0.4 is 5.73 Å². The van der Waals surface area contributed by atoms with E-state index < -0.39 is 0 Å². The minimum atomic E-state index is 0.187. The molecule has 4 heteroatoms. The maximum atomic E-state index is 8.52. The second kappa shape index (κ2) is 2.77. The highest BCUT2D eigenvalue weighted by Gasteiger charge is 2.03. The Morgan fingerprint density at radius 3 is 2.91 bits per heavy atom. The van der Waals surface area contributed by atoms with Crippen molar-refractivity contribution < 1.29 is 0 Å². The van der Waals surface area contributed by atoms with E-state index in [-0.39, 0.29) is 5.15 Å². The fourth-order valence-corrected chi connectivity index (χ4v) is 0.864. The lowest BCUT2D eigenvalue weighted by atomic mass is 10.2. The molecule has 1 rings (SSSR count). The van der Waals surface area contributed by atoms with Gasteiger partial charge in [-0.25, -0.2) is 4.98 Å². The van der Waals surface area contributed by atoms with Gasteiger partial charge in [0.25, 0.3) is 0 Å². The van der Waals surface area contributed by atoms with E-state index >= 15 is 0 Å². The molecule has 1 heterocycles. The van der Waals surface area contributed by atoms with E-state index in [0.717, 1.165) is 5.56 Å². The Bertz CT molecular complexity index is 327. The zero-order valence-corrected chi connectivity index (χ0v) is 6.68. The summed E-state index contributed by atoms with van der Waals surface area (Å²) in [6.07, 6.45) is 0. The number of nitriles is 1. The van der Waals surface area contributed by atoms with Crippen LogP contribution in [0.5, 0.6) is 0 Å². The molecule has 0 spiro atoms. The van der Waals surface area contributed by atoms with Gasteiger partial charge in [0.15, 0.2) is 5.15 Å². The third-order valence-corrected chi connectivity index (χ3v) is 1.60. The molecular formula is C7H6ClN3. The van der Waals surface area contributed by atoms with Gasteiger partial charge in [0.1, 0.15) is 11.8 Å². The van der Waals surface area contributed by atoms with Crippen LogP contribution >= 0.6 is 11.6 Å². The fraction of sp³-hybridized carbons (Fsp3) is 0.143. The monoisotopic (exact) mass is 167 g/mol. The van der Waals surface area contributed by atoms with Crippen LogP contribution in [0.3, 0.4) is 0 Å².